The Morgan fingerprint density at radius 1 is 0.615 bits per heavy atom. The van der Waals surface area contributed by atoms with Crippen LogP contribution in [-0.2, 0) is 17.1 Å². The van der Waals surface area contributed by atoms with Gasteiger partial charge in [-0.2, -0.15) is 0 Å². The Labute approximate surface area is 239 Å². The van der Waals surface area contributed by atoms with E-state index in [1.807, 2.05) is 54.6 Å². The summed E-state index contributed by atoms with van der Waals surface area (Å²) in [6.07, 6.45) is 7.76. The van der Waals surface area contributed by atoms with Gasteiger partial charge in [-0.1, -0.05) is 67.4 Å². The molecule has 1 fully saturated rings. The van der Waals surface area contributed by atoms with Crippen LogP contribution >= 0.6 is 0 Å². The Kier molecular flexibility index (Phi) is 11.6. The Bertz CT molecular complexity index is 1280. The average Bonchev–Trinajstić information content (AvgIpc) is 2.95. The van der Waals surface area contributed by atoms with Crippen LogP contribution in [0.2, 0.25) is 0 Å². The molecule has 201 valence electrons. The first-order chi connectivity index (χ1) is 18.6. The maximum atomic E-state index is 10.8. The molecule has 0 heterocycles. The molecule has 2 N–H and O–H groups in total. The fraction of sp³-hybridized carbons (Fsp3) is 0.188. The van der Waals surface area contributed by atoms with Crippen LogP contribution in [0.15, 0.2) is 113 Å². The van der Waals surface area contributed by atoms with Gasteiger partial charge in [0.15, 0.2) is 0 Å². The van der Waals surface area contributed by atoms with Crippen molar-refractivity contribution in [3.63, 3.8) is 0 Å². The van der Waals surface area contributed by atoms with Gasteiger partial charge in [0.25, 0.3) is 0 Å². The van der Waals surface area contributed by atoms with Gasteiger partial charge in [-0.15, -0.1) is 5.75 Å². The second kappa shape index (κ2) is 15.4. The number of hydrogen-bond acceptors (Lipinski definition) is 6. The molecule has 1 radical (unpaired) electrons. The Hall–Kier alpha value is -4.06. The number of phenols is 2. The largest absolute Gasteiger partial charge is 0.872 e. The summed E-state index contributed by atoms with van der Waals surface area (Å²) in [5, 5.41) is 30.5. The van der Waals surface area contributed by atoms with E-state index in [2.05, 4.69) is 9.98 Å². The smallest absolute Gasteiger partial charge is 0.127 e. The van der Waals surface area contributed by atoms with E-state index in [4.69, 9.17) is 4.74 Å². The summed E-state index contributed by atoms with van der Waals surface area (Å²) in [5.74, 6) is 1.92. The van der Waals surface area contributed by atoms with Crippen molar-refractivity contribution < 1.29 is 37.1 Å². The molecular formula is C32H31MnN2O4-. The van der Waals surface area contributed by atoms with Crippen molar-refractivity contribution in [3.05, 3.63) is 114 Å². The fourth-order valence-electron chi connectivity index (χ4n) is 4.12. The summed E-state index contributed by atoms with van der Waals surface area (Å²) in [7, 11) is 0. The summed E-state index contributed by atoms with van der Waals surface area (Å²) >= 11 is 0. The Morgan fingerprint density at radius 2 is 1.05 bits per heavy atom. The van der Waals surface area contributed by atoms with Gasteiger partial charge in [-0.05, 0) is 61.4 Å². The number of benzene rings is 4. The summed E-state index contributed by atoms with van der Waals surface area (Å²) in [4.78, 5) is 9.34. The topological polar surface area (TPSA) is 97.5 Å². The Balaban J connectivity index is 0.000000239. The van der Waals surface area contributed by atoms with E-state index in [-0.39, 0.29) is 46.4 Å². The van der Waals surface area contributed by atoms with Crippen molar-refractivity contribution in [2.75, 3.05) is 0 Å². The monoisotopic (exact) mass is 562 g/mol. The summed E-state index contributed by atoms with van der Waals surface area (Å²) < 4.78 is 5.49. The van der Waals surface area contributed by atoms with Gasteiger partial charge in [0.05, 0.1) is 12.1 Å². The van der Waals surface area contributed by atoms with Crippen molar-refractivity contribution in [2.24, 2.45) is 9.98 Å². The van der Waals surface area contributed by atoms with Crippen LogP contribution < -0.4 is 9.84 Å². The number of rotatable bonds is 6. The van der Waals surface area contributed by atoms with E-state index in [0.29, 0.717) is 5.75 Å². The van der Waals surface area contributed by atoms with E-state index in [9.17, 15) is 15.3 Å². The molecule has 0 bridgehead atoms. The summed E-state index contributed by atoms with van der Waals surface area (Å²) in [5.41, 5.74) is 1.46. The number of para-hydroxylation sites is 3. The molecule has 7 heteroatoms. The molecule has 1 saturated carbocycles. The predicted octanol–water partition coefficient (Wildman–Crippen LogP) is 6.50. The number of hydrogen-bond donors (Lipinski definition) is 2. The Morgan fingerprint density at radius 3 is 1.54 bits per heavy atom. The SMILES string of the molecule is Oc1ccccc1C=NC1CCCCC1N=Cc1ccccc1O.[Mn].[O-]c1ccc(Oc2ccccc2)cc1. The number of phenolic OH excluding ortho intramolecular Hbond substituents is 2. The molecular weight excluding hydrogens is 531 g/mol. The van der Waals surface area contributed by atoms with Gasteiger partial charge in [-0.25, -0.2) is 0 Å². The molecule has 2 unspecified atom stereocenters. The molecule has 39 heavy (non-hydrogen) atoms. The zero-order valence-electron chi connectivity index (χ0n) is 21.4. The second-order valence-electron chi connectivity index (χ2n) is 8.98. The molecule has 4 aromatic carbocycles. The van der Waals surface area contributed by atoms with Crippen molar-refractivity contribution in [3.8, 4) is 28.7 Å². The second-order valence-corrected chi connectivity index (χ2v) is 8.98. The fourth-order valence-corrected chi connectivity index (χ4v) is 4.12. The van der Waals surface area contributed by atoms with Gasteiger partial charge in [0.2, 0.25) is 0 Å². The maximum absolute atomic E-state index is 10.8. The van der Waals surface area contributed by atoms with E-state index in [0.717, 1.165) is 42.6 Å². The van der Waals surface area contributed by atoms with Crippen molar-refractivity contribution >= 4 is 12.4 Å². The molecule has 0 aliphatic heterocycles. The van der Waals surface area contributed by atoms with Crippen LogP contribution in [0, 0.1) is 0 Å². The normalized spacial score (nSPS) is 16.7. The van der Waals surface area contributed by atoms with E-state index in [1.165, 1.54) is 12.1 Å². The van der Waals surface area contributed by atoms with Crippen LogP contribution in [0.1, 0.15) is 36.8 Å². The number of aromatic hydroxyl groups is 2. The molecule has 0 aromatic heterocycles. The van der Waals surface area contributed by atoms with Crippen molar-refractivity contribution in [1.82, 2.24) is 0 Å². The molecule has 1 aliphatic carbocycles. The molecule has 2 atom stereocenters. The van der Waals surface area contributed by atoms with Crippen LogP contribution in [-0.4, -0.2) is 34.7 Å². The van der Waals surface area contributed by atoms with Gasteiger partial charge >= 0.3 is 0 Å². The van der Waals surface area contributed by atoms with Crippen LogP contribution in [0.3, 0.4) is 0 Å². The molecule has 0 spiro atoms. The summed E-state index contributed by atoms with van der Waals surface area (Å²) in [6, 6.07) is 30.4. The zero-order chi connectivity index (χ0) is 26.6. The zero-order valence-corrected chi connectivity index (χ0v) is 22.6. The van der Waals surface area contributed by atoms with Crippen LogP contribution in [0.25, 0.3) is 0 Å². The standard InChI is InChI=1S/C20H22N2O2.C12H10O2.Mn/c23-19-11-5-1-7-15(19)13-21-17-9-3-4-10-18(17)22-14-16-8-2-6-12-20(16)24;13-10-6-8-12(9-7-10)14-11-4-2-1-3-5-11;/h1-2,5-8,11-14,17-18,23-24H,3-4,9-10H2;1-9,13H;/p-1. The molecule has 4 aromatic rings. The third-order valence-electron chi connectivity index (χ3n) is 6.18. The quantitative estimate of drug-likeness (QED) is 0.207. The van der Waals surface area contributed by atoms with E-state index < -0.39 is 0 Å². The van der Waals surface area contributed by atoms with Crippen molar-refractivity contribution in [2.45, 2.75) is 37.8 Å². The average molecular weight is 563 g/mol. The van der Waals surface area contributed by atoms with Crippen LogP contribution in [0.4, 0.5) is 0 Å². The predicted molar refractivity (Wildman–Crippen MR) is 150 cm³/mol. The first-order valence-corrected chi connectivity index (χ1v) is 12.7. The molecule has 1 aliphatic rings. The third-order valence-corrected chi connectivity index (χ3v) is 6.18. The van der Waals surface area contributed by atoms with Gasteiger partial charge in [0, 0.05) is 40.6 Å². The molecule has 6 nitrogen and oxygen atoms in total. The summed E-state index contributed by atoms with van der Waals surface area (Å²) in [6.45, 7) is 0. The number of ether oxygens (including phenoxy) is 1. The van der Waals surface area contributed by atoms with Gasteiger partial charge < -0.3 is 20.1 Å². The maximum Gasteiger partial charge on any atom is 0.127 e. The molecule has 5 rings (SSSR count). The van der Waals surface area contributed by atoms with Crippen LogP contribution in [0.5, 0.6) is 28.7 Å². The van der Waals surface area contributed by atoms with Gasteiger partial charge in [0.1, 0.15) is 23.0 Å². The molecule has 0 amide bonds. The minimum absolute atomic E-state index is 0. The minimum atomic E-state index is -0.00888. The minimum Gasteiger partial charge on any atom is -0.872 e. The molecule has 0 saturated heterocycles. The van der Waals surface area contributed by atoms with E-state index in [1.54, 1.807) is 48.8 Å². The number of aliphatic imine (C=N–C) groups is 2. The number of nitrogens with zero attached hydrogens (tertiary/aromatic N) is 2. The van der Waals surface area contributed by atoms with Crippen molar-refractivity contribution in [1.29, 1.82) is 0 Å². The third kappa shape index (κ3) is 9.32. The van der Waals surface area contributed by atoms with Gasteiger partial charge in [-0.3, -0.25) is 9.98 Å². The first-order valence-electron chi connectivity index (χ1n) is 12.7. The van der Waals surface area contributed by atoms with E-state index >= 15 is 0 Å². The first kappa shape index (κ1) is 29.5.